The molecule has 0 aromatic carbocycles. The first-order chi connectivity index (χ1) is 46.8. The van der Waals surface area contributed by atoms with E-state index in [1.807, 2.05) is 70.3 Å². The van der Waals surface area contributed by atoms with Crippen LogP contribution in [-0.4, -0.2) is 190 Å². The maximum Gasteiger partial charge on any atom is 0.0795 e. The summed E-state index contributed by atoms with van der Waals surface area (Å²) >= 11 is 44.6. The number of rotatable bonds is 14. The summed E-state index contributed by atoms with van der Waals surface area (Å²) in [7, 11) is 4.35. The number of aromatic nitrogens is 6. The molecule has 9 aliphatic rings. The number of ether oxygens (including phenoxy) is 7. The van der Waals surface area contributed by atoms with Crippen LogP contribution in [0.25, 0.3) is 0 Å². The molecule has 99 heavy (non-hydrogen) atoms. The molecule has 9 fully saturated rings. The van der Waals surface area contributed by atoms with Crippen LogP contribution in [0.3, 0.4) is 0 Å². The number of anilines is 3. The summed E-state index contributed by atoms with van der Waals surface area (Å²) in [4.78, 5) is 62.5. The van der Waals surface area contributed by atoms with Gasteiger partial charge in [-0.25, -0.2) is 29.5 Å². The van der Waals surface area contributed by atoms with Gasteiger partial charge in [-0.05, 0) is 143 Å². The van der Waals surface area contributed by atoms with Gasteiger partial charge in [0.15, 0.2) is 0 Å². The van der Waals surface area contributed by atoms with Crippen molar-refractivity contribution in [3.63, 3.8) is 0 Å². The second-order valence-electron chi connectivity index (χ2n) is 27.9. The molecule has 0 spiro atoms. The quantitative estimate of drug-likeness (QED) is 0.117. The average Bonchev–Trinajstić information content (AvgIpc) is 0.923. The van der Waals surface area contributed by atoms with Crippen LogP contribution in [-0.2, 0) is 23.7 Å². The molecule has 6 bridgehead atoms. The molecule has 568 valence electrons. The summed E-state index contributed by atoms with van der Waals surface area (Å²) in [5.41, 5.74) is -0.973. The van der Waals surface area contributed by atoms with Crippen LogP contribution < -0.4 is 24.2 Å². The third-order valence-electron chi connectivity index (χ3n) is 18.4. The van der Waals surface area contributed by atoms with Crippen molar-refractivity contribution in [1.29, 1.82) is 0 Å². The maximum absolute atomic E-state index is 12.8. The SMILES string of the molecule is CN(c1nc(Cl)cc(Cl)n1)C1C[C@H]2CCC[C@@H](C1)N2C(=O)OC(C)(C)C.CN(c1nc(Cl)cc(O[C@H]2CCOC2)n1)C1C[C@H]2CCC[C@@H](C1)C2.CN(c1nc(Cl)cc(O[C@H]2CCOC2)n1)C1C[C@H]2CCC[C@@H](C1)N2C(=O)OC(C)(C)C.II(I)I(I)I(I)I(I)I(I)I.O[C@H]1CCOC1. The third kappa shape index (κ3) is 28.9. The molecular formula is C62H93Cl4I12N11O10. The predicted molar refractivity (Wildman–Crippen MR) is 504 cm³/mol. The van der Waals surface area contributed by atoms with E-state index in [-0.39, 0.29) is 106 Å². The molecule has 12 atom stereocenters. The summed E-state index contributed by atoms with van der Waals surface area (Å²) in [5.74, 6) is 4.53. The van der Waals surface area contributed by atoms with Gasteiger partial charge in [-0.15, -0.1) is 0 Å². The van der Waals surface area contributed by atoms with Gasteiger partial charge in [0.2, 0.25) is 29.6 Å². The first kappa shape index (κ1) is 89.1. The zero-order chi connectivity index (χ0) is 72.0. The van der Waals surface area contributed by atoms with Crippen LogP contribution in [0.15, 0.2) is 18.2 Å². The normalized spacial score (nSPS) is 27.7. The minimum atomic E-state index is -0.492. The van der Waals surface area contributed by atoms with Crippen molar-refractivity contribution in [3.8, 4) is 11.8 Å². The van der Waals surface area contributed by atoms with E-state index < -0.39 is 11.2 Å². The van der Waals surface area contributed by atoms with E-state index in [4.69, 9.17) is 84.7 Å². The summed E-state index contributed by atoms with van der Waals surface area (Å²) in [6, 6.07) is 6.54. The molecule has 2 amide bonds. The molecule has 0 radical (unpaired) electrons. The molecule has 1 N–H and O–H groups in total. The fourth-order valence-electron chi connectivity index (χ4n) is 14.0. The monoisotopic (exact) mass is 2810 g/mol. The van der Waals surface area contributed by atoms with Gasteiger partial charge in [-0.1, -0.05) is 65.7 Å². The standard InChI is InChI=1S/C22H33ClN4O4.C18H26Cl2N4O2.C18H26ClN3O2.C4H8O2.I12/c1-22(2,3)31-21(28)27-14-6-5-7-15(27)11-16(10-14)26(4)20-24-18(23)12-19(25-20)30-17-8-9-29-13-17;1-18(2,3)26-17(25)24-11-6-5-7-12(24)9-13(8-11)23(4)16-21-14(19)10-15(20)22-16;1-22(14-8-12-3-2-4-13(7-12)9-14)18-20-16(19)10-17(21-18)24-15-5-6-23-11-15;5-4-1-2-6-3-4;1-8(2)10(5)12(7)11(6)9(3)4/h12,14-17H,5-11,13H2,1-4H3;10-13H,5-9H2,1-4H3;10,12-15H,2-9,11H2,1H3;4-5H,1-3H2;/t14-,15+,16?,17-;11-,12+,13?;12-,13+,14?,15-;4-;/m0.00./s1. The van der Waals surface area contributed by atoms with Gasteiger partial charge in [-0.3, -0.25) is 0 Å². The second kappa shape index (κ2) is 43.1. The van der Waals surface area contributed by atoms with Crippen molar-refractivity contribution in [3.05, 3.63) is 38.8 Å². The van der Waals surface area contributed by atoms with Crippen LogP contribution in [0, 0.1) is 11.8 Å². The van der Waals surface area contributed by atoms with Crippen molar-refractivity contribution in [2.75, 3.05) is 75.5 Å². The number of hydrogen-bond acceptors (Lipinski definition) is 19. The van der Waals surface area contributed by atoms with E-state index in [1.54, 1.807) is 12.1 Å². The second-order valence-corrected chi connectivity index (χ2v) is 273. The summed E-state index contributed by atoms with van der Waals surface area (Å²) < 4.78 is 38.8. The van der Waals surface area contributed by atoms with E-state index in [0.29, 0.717) is 82.7 Å². The van der Waals surface area contributed by atoms with E-state index in [9.17, 15) is 9.59 Å². The molecule has 37 heteroatoms. The van der Waals surface area contributed by atoms with Gasteiger partial charge >= 0.3 is 182 Å². The Bertz CT molecular complexity index is 2980. The Morgan fingerprint density at radius 1 is 0.475 bits per heavy atom. The fourth-order valence-corrected chi connectivity index (χ4v) is 1270. The maximum atomic E-state index is 12.8. The van der Waals surface area contributed by atoms with Gasteiger partial charge in [0, 0.05) is 101 Å². The third-order valence-corrected chi connectivity index (χ3v) is 680. The van der Waals surface area contributed by atoms with Crippen molar-refractivity contribution in [2.24, 2.45) is 11.8 Å². The number of carbonyl (C=O) groups excluding carboxylic acids is 2. The topological polar surface area (TPSA) is 213 Å². The smallest absolute Gasteiger partial charge is 0.0795 e. The largest absolute Gasteiger partial charge is 0.391 e. The van der Waals surface area contributed by atoms with Gasteiger partial charge in [-0.2, -0.15) is 9.97 Å². The van der Waals surface area contributed by atoms with Crippen LogP contribution in [0.5, 0.6) is 11.8 Å². The molecule has 7 saturated heterocycles. The van der Waals surface area contributed by atoms with Crippen molar-refractivity contribution < 1.29 is 47.9 Å². The number of amides is 2. The number of nitrogens with zero attached hydrogens (tertiary/aromatic N) is 11. The number of carbonyl (C=O) groups is 2. The Morgan fingerprint density at radius 3 is 1.12 bits per heavy atom. The molecule has 12 rings (SSSR count). The zero-order valence-corrected chi connectivity index (χ0v) is 85.8. The number of hydrogen-bond donors (Lipinski definition) is 1. The fraction of sp³-hybridized carbons (Fsp3) is 0.774. The average molecular weight is 2820 g/mol. The summed E-state index contributed by atoms with van der Waals surface area (Å²) in [6.45, 7) is 15.4. The Kier molecular flexibility index (Phi) is 38.8. The van der Waals surface area contributed by atoms with Crippen molar-refractivity contribution in [2.45, 2.75) is 235 Å². The van der Waals surface area contributed by atoms with Crippen molar-refractivity contribution in [1.82, 2.24) is 39.7 Å². The number of halogens is 16. The van der Waals surface area contributed by atoms with Crippen LogP contribution in [0.2, 0.25) is 20.6 Å². The Labute approximate surface area is 694 Å². The number of aliphatic hydroxyl groups is 1. The van der Waals surface area contributed by atoms with Crippen LogP contribution in [0.1, 0.15) is 164 Å². The van der Waals surface area contributed by atoms with Gasteiger partial charge in [0.25, 0.3) is 0 Å². The Morgan fingerprint density at radius 2 is 0.808 bits per heavy atom. The molecule has 3 aromatic heterocycles. The molecular weight excluding hydrogens is 2720 g/mol. The van der Waals surface area contributed by atoms with E-state index >= 15 is 0 Å². The van der Waals surface area contributed by atoms with Gasteiger partial charge in [0.1, 0.15) is 44.0 Å². The van der Waals surface area contributed by atoms with E-state index in [0.717, 1.165) is 109 Å². The minimum Gasteiger partial charge on any atom is -0.391 e. The van der Waals surface area contributed by atoms with E-state index in [2.05, 4.69) is 177 Å². The first-order valence-electron chi connectivity index (χ1n) is 33.2. The van der Waals surface area contributed by atoms with Gasteiger partial charge in [0.05, 0.1) is 39.1 Å². The number of fused-ring (bicyclic) bond motifs is 6. The molecule has 7 aliphatic heterocycles. The first-order valence-corrected chi connectivity index (χ1v) is 104. The molecule has 2 saturated carbocycles. The molecule has 10 heterocycles. The van der Waals surface area contributed by atoms with Crippen LogP contribution >= 0.6 is 216 Å². The zero-order valence-electron chi connectivity index (χ0n) is 56.9. The predicted octanol–water partition coefficient (Wildman–Crippen LogP) is 22.7. The molecule has 21 nitrogen and oxygen atoms in total. The van der Waals surface area contributed by atoms with Gasteiger partial charge < -0.3 is 62.8 Å². The van der Waals surface area contributed by atoms with Crippen molar-refractivity contribution >= 4 is 246 Å². The Balaban J connectivity index is 0.000000169. The van der Waals surface area contributed by atoms with E-state index in [1.165, 1.54) is 44.6 Å². The minimum absolute atomic E-state index is 0.000507. The Hall–Kier alpha value is 4.54. The van der Waals surface area contributed by atoms with Crippen LogP contribution in [0.4, 0.5) is 27.4 Å². The number of aliphatic hydroxyl groups excluding tert-OH is 1. The summed E-state index contributed by atoms with van der Waals surface area (Å²) in [5, 5.41) is 10.1. The number of piperidine rings is 4. The summed E-state index contributed by atoms with van der Waals surface area (Å²) in [6.07, 6.45) is 19.8. The molecule has 2 aliphatic carbocycles. The molecule has 3 unspecified atom stereocenters. The molecule has 3 aromatic rings.